The van der Waals surface area contributed by atoms with Gasteiger partial charge in [-0.1, -0.05) is 23.7 Å². The molecule has 0 bridgehead atoms. The van der Waals surface area contributed by atoms with Gasteiger partial charge in [0, 0.05) is 11.4 Å². The highest BCUT2D eigenvalue weighted by Gasteiger charge is 2.08. The van der Waals surface area contributed by atoms with Gasteiger partial charge in [0.25, 0.3) is 0 Å². The van der Waals surface area contributed by atoms with Gasteiger partial charge >= 0.3 is 11.9 Å². The van der Waals surface area contributed by atoms with E-state index in [0.29, 0.717) is 22.8 Å². The Bertz CT molecular complexity index is 647. The third-order valence-corrected chi connectivity index (χ3v) is 3.29. The monoisotopic (exact) mass is 318 g/mol. The molecule has 4 nitrogen and oxygen atoms in total. The lowest BCUT2D eigenvalue weighted by molar-refractivity contribution is -0.134. The molecule has 0 atom stereocenters. The van der Waals surface area contributed by atoms with Crippen molar-refractivity contribution in [2.75, 3.05) is 7.11 Å². The number of hydrogen-bond donors (Lipinski definition) is 0. The zero-order valence-electron chi connectivity index (χ0n) is 12.0. The summed E-state index contributed by atoms with van der Waals surface area (Å²) in [6.07, 6.45) is 0.844. The lowest BCUT2D eigenvalue weighted by Crippen LogP contribution is -2.09. The smallest absolute Gasteiger partial charge is 0.337 e. The van der Waals surface area contributed by atoms with Crippen molar-refractivity contribution in [1.82, 2.24) is 0 Å². The van der Waals surface area contributed by atoms with Crippen molar-refractivity contribution in [3.63, 3.8) is 0 Å². The quantitative estimate of drug-likeness (QED) is 0.623. The van der Waals surface area contributed by atoms with Gasteiger partial charge in [-0.15, -0.1) is 0 Å². The van der Waals surface area contributed by atoms with Crippen molar-refractivity contribution in [3.05, 3.63) is 64.7 Å². The molecule has 5 heteroatoms. The topological polar surface area (TPSA) is 52.6 Å². The predicted octanol–water partition coefficient (Wildman–Crippen LogP) is 3.66. The minimum absolute atomic E-state index is 0.264. The molecule has 22 heavy (non-hydrogen) atoms. The normalized spacial score (nSPS) is 10.1. The molecule has 0 radical (unpaired) electrons. The van der Waals surface area contributed by atoms with E-state index in [1.165, 1.54) is 7.11 Å². The molecule has 2 aromatic carbocycles. The Morgan fingerprint density at radius 2 is 1.64 bits per heavy atom. The minimum atomic E-state index is -0.430. The molecule has 0 aromatic heterocycles. The molecule has 2 aromatic rings. The average Bonchev–Trinajstić information content (AvgIpc) is 2.54. The van der Waals surface area contributed by atoms with Crippen LogP contribution < -0.4 is 4.74 Å². The summed E-state index contributed by atoms with van der Waals surface area (Å²) in [4.78, 5) is 23.1. The number of rotatable bonds is 5. The van der Waals surface area contributed by atoms with Crippen LogP contribution in [0.5, 0.6) is 5.75 Å². The molecule has 0 heterocycles. The molecule has 114 valence electrons. The number of hydrogen-bond acceptors (Lipinski definition) is 4. The molecule has 0 amide bonds. The number of methoxy groups -OCH3 is 1. The molecule has 0 saturated heterocycles. The highest BCUT2D eigenvalue weighted by molar-refractivity contribution is 6.30. The fraction of sp³-hybridized carbons (Fsp3) is 0.176. The Hall–Kier alpha value is -2.33. The molecule has 0 aliphatic heterocycles. The van der Waals surface area contributed by atoms with Crippen molar-refractivity contribution in [2.45, 2.75) is 12.8 Å². The van der Waals surface area contributed by atoms with Gasteiger partial charge in [0.15, 0.2) is 0 Å². The van der Waals surface area contributed by atoms with Gasteiger partial charge in [-0.2, -0.15) is 0 Å². The first-order valence-electron chi connectivity index (χ1n) is 6.72. The maximum atomic E-state index is 11.8. The number of carbonyl (C=O) groups excluding carboxylic acids is 2. The largest absolute Gasteiger partial charge is 0.465 e. The number of benzene rings is 2. The average molecular weight is 319 g/mol. The van der Waals surface area contributed by atoms with Crippen LogP contribution >= 0.6 is 11.6 Å². The van der Waals surface area contributed by atoms with Crippen LogP contribution in [0.25, 0.3) is 0 Å². The van der Waals surface area contributed by atoms with Crippen LogP contribution in [0.4, 0.5) is 0 Å². The minimum Gasteiger partial charge on any atom is -0.465 e. The highest BCUT2D eigenvalue weighted by atomic mass is 35.5. The van der Waals surface area contributed by atoms with Gasteiger partial charge in [0.1, 0.15) is 5.75 Å². The number of esters is 2. The lowest BCUT2D eigenvalue weighted by atomic mass is 10.1. The zero-order valence-corrected chi connectivity index (χ0v) is 12.8. The summed E-state index contributed by atoms with van der Waals surface area (Å²) >= 11 is 5.80. The Kier molecular flexibility index (Phi) is 5.55. The van der Waals surface area contributed by atoms with Crippen LogP contribution in [0.1, 0.15) is 22.3 Å². The summed E-state index contributed by atoms with van der Waals surface area (Å²) in [5, 5.41) is 0.664. The number of carbonyl (C=O) groups is 2. The van der Waals surface area contributed by atoms with Crippen molar-refractivity contribution in [3.8, 4) is 5.75 Å². The molecule has 0 saturated carbocycles. The van der Waals surface area contributed by atoms with Crippen LogP contribution in [0.15, 0.2) is 48.5 Å². The van der Waals surface area contributed by atoms with E-state index in [0.717, 1.165) is 5.56 Å². The SMILES string of the molecule is COC(=O)c1ccc(OC(=O)CCc2ccc(Cl)cc2)cc1. The summed E-state index contributed by atoms with van der Waals surface area (Å²) in [6, 6.07) is 13.5. The van der Waals surface area contributed by atoms with Crippen molar-refractivity contribution >= 4 is 23.5 Å². The van der Waals surface area contributed by atoms with Crippen molar-refractivity contribution in [1.29, 1.82) is 0 Å². The third-order valence-electron chi connectivity index (χ3n) is 3.04. The molecule has 0 spiro atoms. The van der Waals surface area contributed by atoms with Crippen LogP contribution in [-0.2, 0) is 16.0 Å². The number of ether oxygens (including phenoxy) is 2. The number of halogens is 1. The van der Waals surface area contributed by atoms with Crippen LogP contribution in [-0.4, -0.2) is 19.0 Å². The van der Waals surface area contributed by atoms with Crippen LogP contribution in [0.3, 0.4) is 0 Å². The van der Waals surface area contributed by atoms with E-state index in [1.54, 1.807) is 36.4 Å². The first-order valence-corrected chi connectivity index (χ1v) is 7.10. The second kappa shape index (κ2) is 7.61. The fourth-order valence-corrected chi connectivity index (χ4v) is 1.98. The second-order valence-electron chi connectivity index (χ2n) is 4.62. The van der Waals surface area contributed by atoms with E-state index in [9.17, 15) is 9.59 Å². The fourth-order valence-electron chi connectivity index (χ4n) is 1.86. The van der Waals surface area contributed by atoms with Crippen LogP contribution in [0.2, 0.25) is 5.02 Å². The van der Waals surface area contributed by atoms with Gasteiger partial charge in [0.2, 0.25) is 0 Å². The molecule has 0 fully saturated rings. The standard InChI is InChI=1S/C17H15ClO4/c1-21-17(20)13-5-9-15(10-6-13)22-16(19)11-4-12-2-7-14(18)8-3-12/h2-3,5-10H,4,11H2,1H3. The number of aryl methyl sites for hydroxylation is 1. The van der Waals surface area contributed by atoms with E-state index < -0.39 is 5.97 Å². The molecule has 0 N–H and O–H groups in total. The van der Waals surface area contributed by atoms with Gasteiger partial charge in [0.05, 0.1) is 12.7 Å². The summed E-state index contributed by atoms with van der Waals surface area (Å²) in [5.74, 6) is -0.366. The summed E-state index contributed by atoms with van der Waals surface area (Å²) in [7, 11) is 1.31. The molecule has 0 aliphatic rings. The molecular weight excluding hydrogens is 304 g/mol. The van der Waals surface area contributed by atoms with Gasteiger partial charge in [-0.05, 0) is 48.4 Å². The Labute approximate surface area is 133 Å². The van der Waals surface area contributed by atoms with Gasteiger partial charge in [-0.25, -0.2) is 4.79 Å². The van der Waals surface area contributed by atoms with E-state index >= 15 is 0 Å². The highest BCUT2D eigenvalue weighted by Crippen LogP contribution is 2.15. The maximum Gasteiger partial charge on any atom is 0.337 e. The van der Waals surface area contributed by atoms with Gasteiger partial charge < -0.3 is 9.47 Å². The lowest BCUT2D eigenvalue weighted by Gasteiger charge is -2.05. The third kappa shape index (κ3) is 4.60. The van der Waals surface area contributed by atoms with Crippen LogP contribution in [0, 0.1) is 0 Å². The Balaban J connectivity index is 1.86. The summed E-state index contributed by atoms with van der Waals surface area (Å²) in [5.41, 5.74) is 1.42. The van der Waals surface area contributed by atoms with Crippen molar-refractivity contribution in [2.24, 2.45) is 0 Å². The summed E-state index contributed by atoms with van der Waals surface area (Å²) < 4.78 is 9.81. The van der Waals surface area contributed by atoms with E-state index in [-0.39, 0.29) is 12.4 Å². The molecular formula is C17H15ClO4. The molecule has 0 aliphatic carbocycles. The van der Waals surface area contributed by atoms with Crippen molar-refractivity contribution < 1.29 is 19.1 Å². The van der Waals surface area contributed by atoms with E-state index in [4.69, 9.17) is 16.3 Å². The first-order chi connectivity index (χ1) is 10.6. The van der Waals surface area contributed by atoms with E-state index in [1.807, 2.05) is 12.1 Å². The zero-order chi connectivity index (χ0) is 15.9. The van der Waals surface area contributed by atoms with Gasteiger partial charge in [-0.3, -0.25) is 4.79 Å². The first kappa shape index (κ1) is 16.0. The Morgan fingerprint density at radius 1 is 1.00 bits per heavy atom. The summed E-state index contributed by atoms with van der Waals surface area (Å²) in [6.45, 7) is 0. The maximum absolute atomic E-state index is 11.8. The van der Waals surface area contributed by atoms with E-state index in [2.05, 4.69) is 4.74 Å². The Morgan fingerprint density at radius 3 is 2.23 bits per heavy atom. The molecule has 2 rings (SSSR count). The molecule has 0 unspecified atom stereocenters. The second-order valence-corrected chi connectivity index (χ2v) is 5.05. The predicted molar refractivity (Wildman–Crippen MR) is 83.2 cm³/mol.